The van der Waals surface area contributed by atoms with Crippen LogP contribution in [0.3, 0.4) is 0 Å². The average Bonchev–Trinajstić information content (AvgIpc) is 1.02. The van der Waals surface area contributed by atoms with Crippen LogP contribution in [-0.2, 0) is 21.7 Å². The predicted octanol–water partition coefficient (Wildman–Crippen LogP) is 20.6. The van der Waals surface area contributed by atoms with Crippen LogP contribution in [0, 0.1) is 0 Å². The van der Waals surface area contributed by atoms with E-state index in [0.717, 1.165) is 62.6 Å². The second-order valence-corrected chi connectivity index (χ2v) is 28.8. The number of hydrogen-bond donors (Lipinski definition) is 0. The number of fused-ring (bicyclic) bond motifs is 10. The molecule has 0 amide bonds. The van der Waals surface area contributed by atoms with Gasteiger partial charge in [-0.25, -0.2) is 0 Å². The fraction of sp³-hybridized carbons (Fsp3) is 0.195. The molecule has 0 N–H and O–H groups in total. The van der Waals surface area contributed by atoms with Gasteiger partial charge in [-0.3, -0.25) is 0 Å². The third-order valence-electron chi connectivity index (χ3n) is 18.8. The topological polar surface area (TPSA) is 19.6 Å². The zero-order valence-corrected chi connectivity index (χ0v) is 52.9. The zero-order chi connectivity index (χ0) is 60.8. The van der Waals surface area contributed by atoms with Crippen LogP contribution >= 0.6 is 0 Å². The van der Waals surface area contributed by atoms with Gasteiger partial charge in [-0.15, -0.1) is 0 Å². The molecule has 0 fully saturated rings. The first-order chi connectivity index (χ1) is 42.2. The SMILES string of the molecule is CC(C)(C)c1cc(N2c3cc(-n4c5ccccc5c5ccccc54)ccc3B3c4ccc(-n5c6ccccc6c6ccccc65)cc4N(c4cc(C(C)(C)C)cc(C(C)(C)C)c4)c4cc(N(c5ccccc5)c5ccccc5)cc2c43)cc(C(C)(C)C)c1. The van der Waals surface area contributed by atoms with Gasteiger partial charge in [-0.1, -0.05) is 217 Å². The fourth-order valence-electron chi connectivity index (χ4n) is 14.1. The number of rotatable bonds is 7. The maximum Gasteiger partial charge on any atom is 0.252 e. The van der Waals surface area contributed by atoms with Crippen LogP contribution in [-0.4, -0.2) is 15.8 Å². The summed E-state index contributed by atoms with van der Waals surface area (Å²) in [5.74, 6) is 0. The number of nitrogens with zero attached hydrogens (tertiary/aromatic N) is 5. The van der Waals surface area contributed by atoms with E-state index < -0.39 is 0 Å². The van der Waals surface area contributed by atoms with Crippen molar-refractivity contribution < 1.29 is 0 Å². The van der Waals surface area contributed by atoms with Crippen molar-refractivity contribution in [2.75, 3.05) is 14.7 Å². The Morgan fingerprint density at radius 2 is 0.580 bits per heavy atom. The van der Waals surface area contributed by atoms with E-state index in [1.165, 1.54) is 82.3 Å². The first kappa shape index (κ1) is 55.1. The Hall–Kier alpha value is -9.52. The Labute approximate surface area is 519 Å². The Morgan fingerprint density at radius 3 is 0.898 bits per heavy atom. The lowest BCUT2D eigenvalue weighted by atomic mass is 9.33. The normalized spacial score (nSPS) is 13.4. The molecule has 432 valence electrons. The number of para-hydroxylation sites is 6. The lowest BCUT2D eigenvalue weighted by Crippen LogP contribution is -2.61. The summed E-state index contributed by atoms with van der Waals surface area (Å²) in [6.45, 7) is 28.2. The van der Waals surface area contributed by atoms with E-state index in [1.54, 1.807) is 0 Å². The van der Waals surface area contributed by atoms with Crippen molar-refractivity contribution in [1.29, 1.82) is 0 Å². The minimum absolute atomic E-state index is 0.146. The van der Waals surface area contributed by atoms with Gasteiger partial charge in [0, 0.05) is 78.4 Å². The standard InChI is InChI=1S/C82H76BN5/c1-79(2,3)53-43-54(80(4,5)6)46-61(45-53)87-74-49-59(85-70-35-23-19-31-64(70)65-32-20-24-36-71(65)85)39-41-68(74)83-69-42-40-60(86-72-37-25-21-33-66(72)67-34-22-26-38-73(67)86)50-75(69)88(62-47-55(81(7,8)9)44-56(48-62)82(10,11)12)77-52-63(51-76(87)78(77)83)84(57-27-15-13-16-28-57)58-29-17-14-18-30-58/h13-52H,1-12H3. The van der Waals surface area contributed by atoms with Crippen LogP contribution in [0.2, 0.25) is 0 Å². The van der Waals surface area contributed by atoms with Crippen molar-refractivity contribution in [1.82, 2.24) is 9.13 Å². The summed E-state index contributed by atoms with van der Waals surface area (Å²) in [6.07, 6.45) is 0. The second kappa shape index (κ2) is 20.0. The molecule has 5 nitrogen and oxygen atoms in total. The molecule has 0 atom stereocenters. The molecule has 0 saturated carbocycles. The summed E-state index contributed by atoms with van der Waals surface area (Å²) >= 11 is 0. The summed E-state index contributed by atoms with van der Waals surface area (Å²) in [5, 5.41) is 4.97. The number of anilines is 9. The van der Waals surface area contributed by atoms with E-state index in [0.29, 0.717) is 0 Å². The van der Waals surface area contributed by atoms with Crippen molar-refractivity contribution >= 4 is 118 Å². The summed E-state index contributed by atoms with van der Waals surface area (Å²) in [5.41, 5.74) is 25.5. The largest absolute Gasteiger partial charge is 0.311 e. The van der Waals surface area contributed by atoms with Gasteiger partial charge in [0.15, 0.2) is 0 Å². The maximum absolute atomic E-state index is 2.66. The van der Waals surface area contributed by atoms with Gasteiger partial charge in [-0.05, 0) is 169 Å². The van der Waals surface area contributed by atoms with Crippen LogP contribution in [0.1, 0.15) is 105 Å². The van der Waals surface area contributed by atoms with Gasteiger partial charge >= 0.3 is 0 Å². The molecular weight excluding hydrogens is 1070 g/mol. The first-order valence-electron chi connectivity index (χ1n) is 31.4. The van der Waals surface area contributed by atoms with Crippen LogP contribution in [0.15, 0.2) is 243 Å². The van der Waals surface area contributed by atoms with Crippen molar-refractivity contribution in [3.63, 3.8) is 0 Å². The number of hydrogen-bond acceptors (Lipinski definition) is 3. The number of aromatic nitrogens is 2. The molecular formula is C82H76BN5. The van der Waals surface area contributed by atoms with Gasteiger partial charge in [-0.2, -0.15) is 0 Å². The highest BCUT2D eigenvalue weighted by Gasteiger charge is 2.45. The van der Waals surface area contributed by atoms with Gasteiger partial charge in [0.05, 0.1) is 27.8 Å². The lowest BCUT2D eigenvalue weighted by Gasteiger charge is -2.46. The average molecular weight is 1140 g/mol. The van der Waals surface area contributed by atoms with Crippen LogP contribution < -0.4 is 31.1 Å². The second-order valence-electron chi connectivity index (χ2n) is 28.8. The molecule has 2 aliphatic rings. The molecule has 13 aromatic rings. The quantitative estimate of drug-likeness (QED) is 0.148. The van der Waals surface area contributed by atoms with Gasteiger partial charge in [0.1, 0.15) is 0 Å². The van der Waals surface area contributed by atoms with Gasteiger partial charge in [0.2, 0.25) is 0 Å². The van der Waals surface area contributed by atoms with Crippen molar-refractivity contribution in [2.24, 2.45) is 0 Å². The zero-order valence-electron chi connectivity index (χ0n) is 52.9. The highest BCUT2D eigenvalue weighted by molar-refractivity contribution is 7.00. The fourth-order valence-corrected chi connectivity index (χ4v) is 14.1. The van der Waals surface area contributed by atoms with E-state index in [9.17, 15) is 0 Å². The first-order valence-corrected chi connectivity index (χ1v) is 31.4. The van der Waals surface area contributed by atoms with Crippen LogP contribution in [0.5, 0.6) is 0 Å². The van der Waals surface area contributed by atoms with Gasteiger partial charge in [0.25, 0.3) is 6.71 Å². The van der Waals surface area contributed by atoms with Crippen LogP contribution in [0.25, 0.3) is 55.0 Å². The lowest BCUT2D eigenvalue weighted by molar-refractivity contribution is 0.568. The molecule has 2 aromatic heterocycles. The predicted molar refractivity (Wildman–Crippen MR) is 379 cm³/mol. The molecule has 2 aliphatic heterocycles. The van der Waals surface area contributed by atoms with Gasteiger partial charge < -0.3 is 23.8 Å². The molecule has 0 saturated heterocycles. The third-order valence-corrected chi connectivity index (χ3v) is 18.8. The van der Waals surface area contributed by atoms with E-state index in [4.69, 9.17) is 0 Å². The molecule has 0 bridgehead atoms. The Morgan fingerprint density at radius 1 is 0.273 bits per heavy atom. The molecule has 11 aromatic carbocycles. The highest BCUT2D eigenvalue weighted by atomic mass is 15.2. The van der Waals surface area contributed by atoms with E-state index in [2.05, 4.69) is 350 Å². The van der Waals surface area contributed by atoms with Crippen molar-refractivity contribution in [2.45, 2.75) is 105 Å². The molecule has 88 heavy (non-hydrogen) atoms. The molecule has 0 radical (unpaired) electrons. The van der Waals surface area contributed by atoms with E-state index >= 15 is 0 Å². The molecule has 15 rings (SSSR count). The smallest absolute Gasteiger partial charge is 0.252 e. The molecule has 0 unspecified atom stereocenters. The maximum atomic E-state index is 2.66. The Balaban J connectivity index is 1.12. The summed E-state index contributed by atoms with van der Waals surface area (Å²) in [6, 6.07) is 92.2. The summed E-state index contributed by atoms with van der Waals surface area (Å²) < 4.78 is 4.98. The van der Waals surface area contributed by atoms with Crippen molar-refractivity contribution in [3.8, 4) is 11.4 Å². The molecule has 4 heterocycles. The minimum Gasteiger partial charge on any atom is -0.311 e. The monoisotopic (exact) mass is 1140 g/mol. The summed E-state index contributed by atoms with van der Waals surface area (Å²) in [7, 11) is 0. The third kappa shape index (κ3) is 8.96. The number of benzene rings is 11. The Kier molecular flexibility index (Phi) is 12.5. The summed E-state index contributed by atoms with van der Waals surface area (Å²) in [4.78, 5) is 7.78. The van der Waals surface area contributed by atoms with E-state index in [1.807, 2.05) is 0 Å². The van der Waals surface area contributed by atoms with Crippen molar-refractivity contribution in [3.05, 3.63) is 265 Å². The Bertz CT molecular complexity index is 4440. The highest BCUT2D eigenvalue weighted by Crippen LogP contribution is 2.51. The van der Waals surface area contributed by atoms with E-state index in [-0.39, 0.29) is 28.4 Å². The molecule has 0 aliphatic carbocycles. The van der Waals surface area contributed by atoms with Crippen LogP contribution in [0.4, 0.5) is 51.2 Å². The molecule has 6 heteroatoms. The molecule has 0 spiro atoms. The minimum atomic E-state index is -0.168.